The molecule has 1 unspecified atom stereocenters. The van der Waals surface area contributed by atoms with Gasteiger partial charge < -0.3 is 15.4 Å². The average Bonchev–Trinajstić information content (AvgIpc) is 2.29. The van der Waals surface area contributed by atoms with Crippen molar-refractivity contribution in [1.29, 1.82) is 0 Å². The largest absolute Gasteiger partial charge is 0.466 e. The molecule has 1 amide bonds. The SMILES string of the molecule is CCOC(=O)CC1C=CC(C(N)=O)=CN1CC. The minimum atomic E-state index is -0.464. The fourth-order valence-corrected chi connectivity index (χ4v) is 1.69. The summed E-state index contributed by atoms with van der Waals surface area (Å²) in [5, 5.41) is 0. The van der Waals surface area contributed by atoms with Crippen molar-refractivity contribution in [3.8, 4) is 0 Å². The average molecular weight is 238 g/mol. The lowest BCUT2D eigenvalue weighted by Gasteiger charge is -2.29. The molecule has 5 nitrogen and oxygen atoms in total. The lowest BCUT2D eigenvalue weighted by Crippen LogP contribution is -2.35. The van der Waals surface area contributed by atoms with Crippen molar-refractivity contribution < 1.29 is 14.3 Å². The zero-order chi connectivity index (χ0) is 12.8. The smallest absolute Gasteiger partial charge is 0.308 e. The van der Waals surface area contributed by atoms with Crippen LogP contribution in [-0.2, 0) is 14.3 Å². The Balaban J connectivity index is 2.68. The molecule has 0 bridgehead atoms. The van der Waals surface area contributed by atoms with Crippen molar-refractivity contribution in [2.75, 3.05) is 13.2 Å². The van der Waals surface area contributed by atoms with Gasteiger partial charge in [-0.1, -0.05) is 6.08 Å². The van der Waals surface area contributed by atoms with Crippen LogP contribution in [0.4, 0.5) is 0 Å². The third-order valence-electron chi connectivity index (χ3n) is 2.56. The highest BCUT2D eigenvalue weighted by Crippen LogP contribution is 2.16. The van der Waals surface area contributed by atoms with E-state index in [1.54, 1.807) is 25.3 Å². The molecule has 0 radical (unpaired) electrons. The summed E-state index contributed by atoms with van der Waals surface area (Å²) in [4.78, 5) is 24.3. The number of ether oxygens (including phenoxy) is 1. The molecule has 17 heavy (non-hydrogen) atoms. The number of rotatable bonds is 5. The number of nitrogens with two attached hydrogens (primary N) is 1. The highest BCUT2D eigenvalue weighted by Gasteiger charge is 2.21. The summed E-state index contributed by atoms with van der Waals surface area (Å²) in [6, 6.07) is -0.0675. The van der Waals surface area contributed by atoms with Crippen LogP contribution in [0.3, 0.4) is 0 Å². The summed E-state index contributed by atoms with van der Waals surface area (Å²) in [6.45, 7) is 4.80. The first-order chi connectivity index (χ1) is 8.08. The molecule has 0 fully saturated rings. The third-order valence-corrected chi connectivity index (χ3v) is 2.56. The Kier molecular flexibility index (Phi) is 4.75. The number of carbonyl (C=O) groups is 2. The molecule has 5 heteroatoms. The van der Waals surface area contributed by atoms with E-state index in [-0.39, 0.29) is 18.4 Å². The molecule has 0 saturated heterocycles. The molecule has 0 aromatic heterocycles. The van der Waals surface area contributed by atoms with Crippen LogP contribution in [0, 0.1) is 0 Å². The molecule has 1 aliphatic rings. The number of hydrogen-bond acceptors (Lipinski definition) is 4. The van der Waals surface area contributed by atoms with E-state index < -0.39 is 5.91 Å². The van der Waals surface area contributed by atoms with E-state index in [0.717, 1.165) is 0 Å². The van der Waals surface area contributed by atoms with Gasteiger partial charge in [-0.3, -0.25) is 9.59 Å². The van der Waals surface area contributed by atoms with E-state index in [1.807, 2.05) is 11.8 Å². The van der Waals surface area contributed by atoms with E-state index in [9.17, 15) is 9.59 Å². The van der Waals surface area contributed by atoms with Gasteiger partial charge in [0.25, 0.3) is 0 Å². The van der Waals surface area contributed by atoms with Crippen molar-refractivity contribution in [2.45, 2.75) is 26.3 Å². The van der Waals surface area contributed by atoms with Gasteiger partial charge in [0.15, 0.2) is 0 Å². The highest BCUT2D eigenvalue weighted by molar-refractivity contribution is 5.95. The Morgan fingerprint density at radius 1 is 1.47 bits per heavy atom. The van der Waals surface area contributed by atoms with Gasteiger partial charge in [-0.05, 0) is 19.9 Å². The van der Waals surface area contributed by atoms with Gasteiger partial charge >= 0.3 is 5.97 Å². The van der Waals surface area contributed by atoms with Crippen LogP contribution < -0.4 is 5.73 Å². The molecular weight excluding hydrogens is 220 g/mol. The molecule has 0 saturated carbocycles. The van der Waals surface area contributed by atoms with Crippen LogP contribution in [0.15, 0.2) is 23.9 Å². The quantitative estimate of drug-likeness (QED) is 0.711. The van der Waals surface area contributed by atoms with E-state index in [1.165, 1.54) is 0 Å². The zero-order valence-corrected chi connectivity index (χ0v) is 10.2. The molecule has 0 aromatic carbocycles. The summed E-state index contributed by atoms with van der Waals surface area (Å²) in [5.74, 6) is -0.703. The fourth-order valence-electron chi connectivity index (χ4n) is 1.69. The molecule has 1 heterocycles. The normalized spacial score (nSPS) is 18.8. The first-order valence-electron chi connectivity index (χ1n) is 5.69. The number of likely N-dealkylation sites (N-methyl/N-ethyl adjacent to an activating group) is 1. The second kappa shape index (κ2) is 6.08. The van der Waals surface area contributed by atoms with Gasteiger partial charge in [0.1, 0.15) is 0 Å². The second-order valence-corrected chi connectivity index (χ2v) is 3.71. The second-order valence-electron chi connectivity index (χ2n) is 3.71. The monoisotopic (exact) mass is 238 g/mol. The number of nitrogens with zero attached hydrogens (tertiary/aromatic N) is 1. The van der Waals surface area contributed by atoms with Gasteiger partial charge in [0.2, 0.25) is 5.91 Å². The number of hydrogen-bond donors (Lipinski definition) is 1. The van der Waals surface area contributed by atoms with Crippen LogP contribution in [0.25, 0.3) is 0 Å². The number of carbonyl (C=O) groups excluding carboxylic acids is 2. The van der Waals surface area contributed by atoms with E-state index in [4.69, 9.17) is 10.5 Å². The molecular formula is C12H18N2O3. The van der Waals surface area contributed by atoms with Crippen molar-refractivity contribution in [1.82, 2.24) is 4.90 Å². The number of primary amides is 1. The standard InChI is InChI=1S/C12H18N2O3/c1-3-14-8-9(12(13)16)5-6-10(14)7-11(15)17-4-2/h5-6,8,10H,3-4,7H2,1-2H3,(H2,13,16). The summed E-state index contributed by atoms with van der Waals surface area (Å²) < 4.78 is 4.90. The Morgan fingerprint density at radius 2 is 2.18 bits per heavy atom. The van der Waals surface area contributed by atoms with Gasteiger partial charge in [0, 0.05) is 12.7 Å². The van der Waals surface area contributed by atoms with Crippen LogP contribution in [-0.4, -0.2) is 36.0 Å². The molecule has 1 aliphatic heterocycles. The third kappa shape index (κ3) is 3.62. The minimum Gasteiger partial charge on any atom is -0.466 e. The predicted molar refractivity (Wildman–Crippen MR) is 63.8 cm³/mol. The summed E-state index contributed by atoms with van der Waals surface area (Å²) in [7, 11) is 0. The van der Waals surface area contributed by atoms with Crippen molar-refractivity contribution in [3.63, 3.8) is 0 Å². The first kappa shape index (κ1) is 13.3. The molecule has 0 aromatic rings. The Morgan fingerprint density at radius 3 is 2.71 bits per heavy atom. The van der Waals surface area contributed by atoms with E-state index in [0.29, 0.717) is 18.7 Å². The molecule has 1 rings (SSSR count). The summed E-state index contributed by atoms with van der Waals surface area (Å²) in [6.07, 6.45) is 5.42. The van der Waals surface area contributed by atoms with Crippen LogP contribution in [0.5, 0.6) is 0 Å². The predicted octanol–water partition coefficient (Wildman–Crippen LogP) is 0.569. The van der Waals surface area contributed by atoms with Gasteiger partial charge in [0.05, 0.1) is 24.6 Å². The zero-order valence-electron chi connectivity index (χ0n) is 10.2. The van der Waals surface area contributed by atoms with E-state index in [2.05, 4.69) is 0 Å². The van der Waals surface area contributed by atoms with Crippen LogP contribution >= 0.6 is 0 Å². The van der Waals surface area contributed by atoms with Gasteiger partial charge in [-0.2, -0.15) is 0 Å². The maximum Gasteiger partial charge on any atom is 0.308 e. The summed E-state index contributed by atoms with van der Waals surface area (Å²) >= 11 is 0. The van der Waals surface area contributed by atoms with Crippen molar-refractivity contribution in [2.24, 2.45) is 5.73 Å². The Labute approximate surface area is 101 Å². The Bertz CT molecular complexity index is 361. The molecule has 0 spiro atoms. The first-order valence-corrected chi connectivity index (χ1v) is 5.69. The Hall–Kier alpha value is -1.78. The lowest BCUT2D eigenvalue weighted by atomic mass is 10.1. The molecule has 94 valence electrons. The van der Waals surface area contributed by atoms with Crippen LogP contribution in [0.1, 0.15) is 20.3 Å². The maximum absolute atomic E-state index is 11.4. The van der Waals surface area contributed by atoms with Crippen molar-refractivity contribution >= 4 is 11.9 Å². The number of amides is 1. The fraction of sp³-hybridized carbons (Fsp3) is 0.500. The minimum absolute atomic E-state index is 0.0675. The maximum atomic E-state index is 11.4. The molecule has 2 N–H and O–H groups in total. The van der Waals surface area contributed by atoms with Gasteiger partial charge in [-0.25, -0.2) is 0 Å². The highest BCUT2D eigenvalue weighted by atomic mass is 16.5. The molecule has 1 atom stereocenters. The van der Waals surface area contributed by atoms with Crippen LogP contribution in [0.2, 0.25) is 0 Å². The topological polar surface area (TPSA) is 72.6 Å². The summed E-state index contributed by atoms with van der Waals surface area (Å²) in [5.41, 5.74) is 5.65. The van der Waals surface area contributed by atoms with E-state index >= 15 is 0 Å². The number of esters is 1. The molecule has 0 aliphatic carbocycles. The van der Waals surface area contributed by atoms with Crippen molar-refractivity contribution in [3.05, 3.63) is 23.9 Å². The van der Waals surface area contributed by atoms with Gasteiger partial charge in [-0.15, -0.1) is 0 Å². The lowest BCUT2D eigenvalue weighted by molar-refractivity contribution is -0.143.